The van der Waals surface area contributed by atoms with Crippen molar-refractivity contribution < 1.29 is 26.3 Å². The fraction of sp³-hybridized carbons (Fsp3) is 0.571. The number of halogens is 4. The van der Waals surface area contributed by atoms with Crippen LogP contribution in [0.25, 0.3) is 0 Å². The van der Waals surface area contributed by atoms with Crippen molar-refractivity contribution in [2.45, 2.75) is 42.6 Å². The van der Waals surface area contributed by atoms with E-state index >= 15 is 0 Å². The fourth-order valence-electron chi connectivity index (χ4n) is 3.28. The molecule has 0 saturated carbocycles. The van der Waals surface area contributed by atoms with Crippen molar-refractivity contribution in [2.24, 2.45) is 0 Å². The lowest BCUT2D eigenvalue weighted by molar-refractivity contribution is -0.274. The summed E-state index contributed by atoms with van der Waals surface area (Å²) in [6.45, 7) is 1.30. The molecule has 1 aromatic carbocycles. The molecule has 1 aromatic rings. The molecule has 1 N–H and O–H groups in total. The molecule has 24 heavy (non-hydrogen) atoms. The van der Waals surface area contributed by atoms with E-state index in [9.17, 15) is 21.6 Å². The largest absolute Gasteiger partial charge is 0.573 e. The van der Waals surface area contributed by atoms with Gasteiger partial charge in [0.25, 0.3) is 0 Å². The summed E-state index contributed by atoms with van der Waals surface area (Å²) >= 11 is 0. The summed E-state index contributed by atoms with van der Waals surface area (Å²) < 4.78 is 68.0. The van der Waals surface area contributed by atoms with E-state index in [0.29, 0.717) is 13.0 Å². The summed E-state index contributed by atoms with van der Waals surface area (Å²) in [5.41, 5.74) is 0. The molecule has 5 nitrogen and oxygen atoms in total. The van der Waals surface area contributed by atoms with Crippen LogP contribution >= 0.6 is 12.4 Å². The van der Waals surface area contributed by atoms with E-state index in [1.54, 1.807) is 0 Å². The molecule has 0 amide bonds. The van der Waals surface area contributed by atoms with Gasteiger partial charge in [0.15, 0.2) is 0 Å². The van der Waals surface area contributed by atoms with Crippen molar-refractivity contribution in [1.29, 1.82) is 0 Å². The maximum atomic E-state index is 12.9. The zero-order valence-corrected chi connectivity index (χ0v) is 14.3. The molecule has 0 spiro atoms. The standard InChI is InChI=1S/C14H17F3N2O3S.ClH/c15-14(16,17)22-12-2-1-3-13(8-12)23(20,21)19-10-4-5-11(19)9-18-7-6-10;/h1-3,8,10-11,18H,4-7,9H2;1H. The van der Waals surface area contributed by atoms with Gasteiger partial charge in [0.2, 0.25) is 10.0 Å². The molecule has 0 aromatic heterocycles. The van der Waals surface area contributed by atoms with Crippen molar-refractivity contribution in [2.75, 3.05) is 13.1 Å². The molecule has 3 rings (SSSR count). The van der Waals surface area contributed by atoms with E-state index in [1.807, 2.05) is 0 Å². The van der Waals surface area contributed by atoms with Crippen LogP contribution in [0.15, 0.2) is 29.2 Å². The van der Waals surface area contributed by atoms with Crippen molar-refractivity contribution in [3.05, 3.63) is 24.3 Å². The molecule has 2 fully saturated rings. The highest BCUT2D eigenvalue weighted by atomic mass is 35.5. The van der Waals surface area contributed by atoms with Gasteiger partial charge in [-0.2, -0.15) is 4.31 Å². The SMILES string of the molecule is Cl.O=S(=O)(c1cccc(OC(F)(F)F)c1)N1C2CCNCC1CC2. The Morgan fingerprint density at radius 1 is 1.17 bits per heavy atom. The van der Waals surface area contributed by atoms with Gasteiger partial charge in [0.05, 0.1) is 4.90 Å². The minimum absolute atomic E-state index is 0. The van der Waals surface area contributed by atoms with Crippen LogP contribution in [0.4, 0.5) is 13.2 Å². The summed E-state index contributed by atoms with van der Waals surface area (Å²) in [5, 5.41) is 3.20. The smallest absolute Gasteiger partial charge is 0.406 e. The van der Waals surface area contributed by atoms with Crippen molar-refractivity contribution in [3.8, 4) is 5.75 Å². The Hall–Kier alpha value is -1.03. The second-order valence-corrected chi connectivity index (χ2v) is 7.58. The third kappa shape index (κ3) is 3.96. The van der Waals surface area contributed by atoms with E-state index in [1.165, 1.54) is 16.4 Å². The first-order valence-electron chi connectivity index (χ1n) is 7.37. The number of hydrogen-bond donors (Lipinski definition) is 1. The van der Waals surface area contributed by atoms with Crippen LogP contribution in [0.2, 0.25) is 0 Å². The highest BCUT2D eigenvalue weighted by molar-refractivity contribution is 7.89. The van der Waals surface area contributed by atoms with Crippen LogP contribution in [-0.2, 0) is 10.0 Å². The van der Waals surface area contributed by atoms with Gasteiger partial charge in [-0.25, -0.2) is 8.42 Å². The lowest BCUT2D eigenvalue weighted by Crippen LogP contribution is -2.42. The Kier molecular flexibility index (Phi) is 5.68. The van der Waals surface area contributed by atoms with Gasteiger partial charge >= 0.3 is 6.36 Å². The summed E-state index contributed by atoms with van der Waals surface area (Å²) in [7, 11) is -3.85. The Morgan fingerprint density at radius 3 is 2.58 bits per heavy atom. The topological polar surface area (TPSA) is 58.6 Å². The van der Waals surface area contributed by atoms with E-state index < -0.39 is 22.1 Å². The number of fused-ring (bicyclic) bond motifs is 2. The van der Waals surface area contributed by atoms with Crippen molar-refractivity contribution in [1.82, 2.24) is 9.62 Å². The molecule has 2 aliphatic heterocycles. The minimum atomic E-state index is -4.85. The number of nitrogens with one attached hydrogen (secondary N) is 1. The Morgan fingerprint density at radius 2 is 1.88 bits per heavy atom. The van der Waals surface area contributed by atoms with Gasteiger partial charge in [0.1, 0.15) is 5.75 Å². The minimum Gasteiger partial charge on any atom is -0.406 e. The third-order valence-corrected chi connectivity index (χ3v) is 6.20. The number of alkyl halides is 3. The number of ether oxygens (including phenoxy) is 1. The summed E-state index contributed by atoms with van der Waals surface area (Å²) in [5.74, 6) is -0.529. The normalized spacial score (nSPS) is 25.0. The molecule has 2 saturated heterocycles. The predicted molar refractivity (Wildman–Crippen MR) is 83.7 cm³/mol. The van der Waals surface area contributed by atoms with Gasteiger partial charge in [-0.05, 0) is 37.9 Å². The summed E-state index contributed by atoms with van der Waals surface area (Å²) in [6, 6.07) is 4.32. The van der Waals surface area contributed by atoms with Gasteiger partial charge in [-0.15, -0.1) is 25.6 Å². The molecular formula is C14H18ClF3N2O3S. The summed E-state index contributed by atoms with van der Waals surface area (Å²) in [6.07, 6.45) is -2.61. The molecule has 2 bridgehead atoms. The van der Waals surface area contributed by atoms with Crippen LogP contribution in [0.5, 0.6) is 5.75 Å². The molecule has 2 heterocycles. The number of nitrogens with zero attached hydrogens (tertiary/aromatic N) is 1. The highest BCUT2D eigenvalue weighted by Gasteiger charge is 2.43. The number of sulfonamides is 1. The number of rotatable bonds is 3. The second kappa shape index (κ2) is 7.07. The van der Waals surface area contributed by atoms with E-state index in [4.69, 9.17) is 0 Å². The highest BCUT2D eigenvalue weighted by Crippen LogP contribution is 2.35. The van der Waals surface area contributed by atoms with Crippen molar-refractivity contribution >= 4 is 22.4 Å². The van der Waals surface area contributed by atoms with Crippen LogP contribution in [0, 0.1) is 0 Å². The fourth-order valence-corrected chi connectivity index (χ4v) is 5.22. The van der Waals surface area contributed by atoms with Gasteiger partial charge in [-0.1, -0.05) is 6.07 Å². The maximum Gasteiger partial charge on any atom is 0.573 e. The quantitative estimate of drug-likeness (QED) is 0.867. The average Bonchev–Trinajstić information content (AvgIpc) is 2.71. The summed E-state index contributed by atoms with van der Waals surface area (Å²) in [4.78, 5) is -0.168. The first kappa shape index (κ1) is 19.3. The molecule has 10 heteroatoms. The van der Waals surface area contributed by atoms with Crippen LogP contribution < -0.4 is 10.1 Å². The molecular weight excluding hydrogens is 369 g/mol. The zero-order valence-electron chi connectivity index (χ0n) is 12.6. The Labute approximate surface area is 144 Å². The first-order chi connectivity index (χ1) is 10.8. The lowest BCUT2D eigenvalue weighted by Gasteiger charge is -2.27. The molecule has 2 unspecified atom stereocenters. The molecule has 0 radical (unpaired) electrons. The Bertz CT molecular complexity index is 670. The first-order valence-corrected chi connectivity index (χ1v) is 8.81. The van der Waals surface area contributed by atoms with Crippen LogP contribution in [-0.4, -0.2) is 44.3 Å². The van der Waals surface area contributed by atoms with E-state index in [0.717, 1.165) is 31.5 Å². The Balaban J connectivity index is 0.00000208. The van der Waals surface area contributed by atoms with E-state index in [2.05, 4.69) is 10.1 Å². The maximum absolute atomic E-state index is 12.9. The lowest BCUT2D eigenvalue weighted by atomic mass is 10.1. The predicted octanol–water partition coefficient (Wildman–Crippen LogP) is 2.52. The van der Waals surface area contributed by atoms with Crippen molar-refractivity contribution in [3.63, 3.8) is 0 Å². The molecule has 0 aliphatic carbocycles. The number of hydrogen-bond acceptors (Lipinski definition) is 4. The van der Waals surface area contributed by atoms with Crippen LogP contribution in [0.3, 0.4) is 0 Å². The monoisotopic (exact) mass is 386 g/mol. The second-order valence-electron chi connectivity index (χ2n) is 5.74. The molecule has 136 valence electrons. The number of benzene rings is 1. The van der Waals surface area contributed by atoms with Gasteiger partial charge < -0.3 is 10.1 Å². The molecule has 2 aliphatic rings. The third-order valence-electron chi connectivity index (χ3n) is 4.20. The van der Waals surface area contributed by atoms with E-state index in [-0.39, 0.29) is 29.4 Å². The average molecular weight is 387 g/mol. The van der Waals surface area contributed by atoms with Gasteiger partial charge in [0, 0.05) is 24.7 Å². The molecule has 2 atom stereocenters. The van der Waals surface area contributed by atoms with Crippen LogP contribution in [0.1, 0.15) is 19.3 Å². The van der Waals surface area contributed by atoms with Gasteiger partial charge in [-0.3, -0.25) is 0 Å². The zero-order chi connectivity index (χ0) is 16.7.